The average Bonchev–Trinajstić information content (AvgIpc) is 1.86. The van der Waals surface area contributed by atoms with Crippen molar-refractivity contribution in [3.63, 3.8) is 0 Å². The molecule has 0 aromatic carbocycles. The van der Waals surface area contributed by atoms with Gasteiger partial charge < -0.3 is 0 Å². The van der Waals surface area contributed by atoms with Crippen LogP contribution in [0.3, 0.4) is 0 Å². The van der Waals surface area contributed by atoms with Crippen LogP contribution < -0.4 is 0 Å². The van der Waals surface area contributed by atoms with Crippen molar-refractivity contribution >= 4 is 18.6 Å². The van der Waals surface area contributed by atoms with E-state index in [2.05, 4.69) is 25.8 Å². The standard InChI is InChI=1S/C9H18N.Ga.2H/c1-8(2)9-5-4-6-10(3)7-9;;;/h9H,4-7H2,1-3H3;;;. The summed E-state index contributed by atoms with van der Waals surface area (Å²) in [5, 5.41) is 0. The molecule has 0 bridgehead atoms. The molecule has 1 aliphatic rings. The molecule has 0 saturated carbocycles. The van der Waals surface area contributed by atoms with Crippen LogP contribution in [0.1, 0.15) is 26.7 Å². The molecule has 1 unspecified atom stereocenters. The van der Waals surface area contributed by atoms with Gasteiger partial charge in [0.15, 0.2) is 0 Å². The van der Waals surface area contributed by atoms with Crippen LogP contribution in [-0.4, -0.2) is 43.6 Å². The molecule has 1 rings (SSSR count). The van der Waals surface area contributed by atoms with Crippen molar-refractivity contribution in [2.45, 2.75) is 30.7 Å². The molecule has 1 nitrogen and oxygen atoms in total. The van der Waals surface area contributed by atoms with E-state index in [4.69, 9.17) is 0 Å². The molecule has 1 saturated heterocycles. The van der Waals surface area contributed by atoms with Gasteiger partial charge in [-0.1, -0.05) is 0 Å². The zero-order valence-electron chi connectivity index (χ0n) is 8.35. The van der Waals surface area contributed by atoms with E-state index in [1.165, 1.54) is 25.9 Å². The quantitative estimate of drug-likeness (QED) is 0.589. The maximum absolute atomic E-state index is 2.49. The zero-order valence-corrected chi connectivity index (χ0v) is 12.5. The molecule has 0 radical (unpaired) electrons. The third kappa shape index (κ3) is 2.84. The van der Waals surface area contributed by atoms with E-state index in [0.717, 1.165) is 24.5 Å². The maximum atomic E-state index is 2.49. The van der Waals surface area contributed by atoms with Crippen molar-refractivity contribution in [1.29, 1.82) is 0 Å². The number of rotatable bonds is 1. The van der Waals surface area contributed by atoms with Crippen LogP contribution in [0.5, 0.6) is 0 Å². The van der Waals surface area contributed by atoms with E-state index in [0.29, 0.717) is 3.97 Å². The number of hydrogen-bond donors (Lipinski definition) is 0. The summed E-state index contributed by atoms with van der Waals surface area (Å²) < 4.78 is 0.696. The fraction of sp³-hybridized carbons (Fsp3) is 1.00. The van der Waals surface area contributed by atoms with Gasteiger partial charge in [0.25, 0.3) is 0 Å². The molecule has 1 fully saturated rings. The molecule has 0 spiro atoms. The van der Waals surface area contributed by atoms with Crippen LogP contribution >= 0.6 is 0 Å². The Bertz CT molecular complexity index is 128. The molecule has 0 aromatic heterocycles. The van der Waals surface area contributed by atoms with Crippen LogP contribution in [0.4, 0.5) is 0 Å². The Kier molecular flexibility index (Phi) is 3.12. The molecule has 11 heavy (non-hydrogen) atoms. The first kappa shape index (κ1) is 9.68. The molecular weight excluding hydrogens is 192 g/mol. The molecule has 1 heterocycles. The molecule has 1 atom stereocenters. The first-order chi connectivity index (χ1) is 5.00. The van der Waals surface area contributed by atoms with E-state index in [1.807, 2.05) is 0 Å². The molecule has 0 amide bonds. The Hall–Kier alpha value is 0.596. The van der Waals surface area contributed by atoms with Gasteiger partial charge in [-0.25, -0.2) is 0 Å². The van der Waals surface area contributed by atoms with Gasteiger partial charge in [0.05, 0.1) is 0 Å². The second-order valence-corrected chi connectivity index (χ2v) is 10.4. The predicted octanol–water partition coefficient (Wildman–Crippen LogP) is 1.16. The Balaban J connectivity index is 2.46. The van der Waals surface area contributed by atoms with E-state index >= 15 is 0 Å². The first-order valence-electron chi connectivity index (χ1n) is 4.68. The summed E-state index contributed by atoms with van der Waals surface area (Å²) in [5.41, 5.74) is 0. The number of hydrogen-bond acceptors (Lipinski definition) is 1. The SMILES string of the molecule is CN1CCCC([C](C)(C)[GaH2])C1. The molecule has 0 N–H and O–H groups in total. The van der Waals surface area contributed by atoms with Crippen LogP contribution in [0, 0.1) is 5.92 Å². The second kappa shape index (κ2) is 3.54. The number of nitrogens with zero attached hydrogens (tertiary/aromatic N) is 1. The Labute approximate surface area is 80.5 Å². The Morgan fingerprint density at radius 1 is 1.45 bits per heavy atom. The molecule has 1 aliphatic heterocycles. The number of piperidine rings is 1. The number of likely N-dealkylation sites (tertiary alicyclic amines) is 1. The average molecular weight is 212 g/mol. The third-order valence-electron chi connectivity index (χ3n) is 2.85. The first-order valence-corrected chi connectivity index (χ1v) is 6.78. The van der Waals surface area contributed by atoms with Crippen molar-refractivity contribution in [2.75, 3.05) is 20.1 Å². The van der Waals surface area contributed by atoms with Gasteiger partial charge in [0, 0.05) is 0 Å². The minimum atomic E-state index is 0.696. The summed E-state index contributed by atoms with van der Waals surface area (Å²) in [5.74, 6) is 0.987. The van der Waals surface area contributed by atoms with Crippen molar-refractivity contribution in [3.05, 3.63) is 0 Å². The Morgan fingerprint density at radius 3 is 2.45 bits per heavy atom. The van der Waals surface area contributed by atoms with Crippen LogP contribution in [0.2, 0.25) is 3.97 Å². The van der Waals surface area contributed by atoms with E-state index in [-0.39, 0.29) is 0 Å². The van der Waals surface area contributed by atoms with Gasteiger partial charge in [-0.3, -0.25) is 0 Å². The molecule has 0 aromatic rings. The van der Waals surface area contributed by atoms with Crippen molar-refractivity contribution < 1.29 is 0 Å². The topological polar surface area (TPSA) is 3.24 Å². The second-order valence-electron chi connectivity index (χ2n) is 4.97. The van der Waals surface area contributed by atoms with E-state index < -0.39 is 0 Å². The van der Waals surface area contributed by atoms with Gasteiger partial charge in [0.1, 0.15) is 0 Å². The summed E-state index contributed by atoms with van der Waals surface area (Å²) >= 11 is 0.975. The molecule has 0 aliphatic carbocycles. The summed E-state index contributed by atoms with van der Waals surface area (Å²) in [6.07, 6.45) is 2.89. The summed E-state index contributed by atoms with van der Waals surface area (Å²) in [4.78, 5) is 2.49. The molecular formula is C9H20GaN. The third-order valence-corrected chi connectivity index (χ3v) is 4.56. The molecule has 64 valence electrons. The summed E-state index contributed by atoms with van der Waals surface area (Å²) in [7, 11) is 2.25. The van der Waals surface area contributed by atoms with E-state index in [9.17, 15) is 0 Å². The minimum absolute atomic E-state index is 0.696. The normalized spacial score (nSPS) is 28.8. The van der Waals surface area contributed by atoms with Gasteiger partial charge in [0.2, 0.25) is 0 Å². The van der Waals surface area contributed by atoms with Gasteiger partial charge in [-0.15, -0.1) is 0 Å². The summed E-state index contributed by atoms with van der Waals surface area (Å²) in [6, 6.07) is 0. The fourth-order valence-corrected chi connectivity index (χ4v) is 2.86. The van der Waals surface area contributed by atoms with Gasteiger partial charge in [-0.2, -0.15) is 0 Å². The predicted molar refractivity (Wildman–Crippen MR) is 52.8 cm³/mol. The monoisotopic (exact) mass is 211 g/mol. The van der Waals surface area contributed by atoms with Gasteiger partial charge >= 0.3 is 80.2 Å². The fourth-order valence-electron chi connectivity index (χ4n) is 1.87. The Morgan fingerprint density at radius 2 is 2.09 bits per heavy atom. The van der Waals surface area contributed by atoms with Crippen LogP contribution in [0.15, 0.2) is 0 Å². The zero-order chi connectivity index (χ0) is 8.48. The van der Waals surface area contributed by atoms with Crippen molar-refractivity contribution in [2.24, 2.45) is 5.92 Å². The van der Waals surface area contributed by atoms with Crippen molar-refractivity contribution in [3.8, 4) is 0 Å². The summed E-state index contributed by atoms with van der Waals surface area (Å²) in [6.45, 7) is 7.54. The van der Waals surface area contributed by atoms with Crippen LogP contribution in [0.25, 0.3) is 0 Å². The van der Waals surface area contributed by atoms with Gasteiger partial charge in [-0.05, 0) is 0 Å². The van der Waals surface area contributed by atoms with E-state index in [1.54, 1.807) is 0 Å². The van der Waals surface area contributed by atoms with Crippen molar-refractivity contribution in [1.82, 2.24) is 4.90 Å². The van der Waals surface area contributed by atoms with Crippen LogP contribution in [-0.2, 0) is 0 Å². The molecule has 2 heteroatoms.